The van der Waals surface area contributed by atoms with Crippen LogP contribution >= 0.6 is 0 Å². The molecule has 10 nitrogen and oxygen atoms in total. The van der Waals surface area contributed by atoms with Crippen molar-refractivity contribution in [3.8, 4) is 0 Å². The van der Waals surface area contributed by atoms with Crippen LogP contribution in [0.2, 0.25) is 0 Å². The van der Waals surface area contributed by atoms with Gasteiger partial charge in [-0.05, 0) is 34.9 Å². The van der Waals surface area contributed by atoms with Crippen LogP contribution in [0, 0.1) is 10.8 Å². The number of aromatic carboxylic acids is 1. The van der Waals surface area contributed by atoms with Crippen LogP contribution in [0.1, 0.15) is 43.1 Å². The summed E-state index contributed by atoms with van der Waals surface area (Å²) < 4.78 is 5.37. The zero-order valence-electron chi connectivity index (χ0n) is 21.0. The second-order valence-corrected chi connectivity index (χ2v) is 10.5. The molecule has 1 atom stereocenters. The average Bonchev–Trinajstić information content (AvgIpc) is 3.32. The molecule has 10 heteroatoms. The molecule has 0 unspecified atom stereocenters. The first-order chi connectivity index (χ1) is 17.2. The van der Waals surface area contributed by atoms with Crippen LogP contribution in [0.25, 0.3) is 5.57 Å². The number of anilines is 1. The van der Waals surface area contributed by atoms with Gasteiger partial charge in [0.25, 0.3) is 5.95 Å². The van der Waals surface area contributed by atoms with Crippen molar-refractivity contribution in [3.63, 3.8) is 0 Å². The van der Waals surface area contributed by atoms with Crippen molar-refractivity contribution in [2.75, 3.05) is 44.3 Å². The Morgan fingerprint density at radius 3 is 2.50 bits per heavy atom. The summed E-state index contributed by atoms with van der Waals surface area (Å²) in [5, 5.41) is 21.8. The van der Waals surface area contributed by atoms with E-state index in [1.54, 1.807) is 12.1 Å². The van der Waals surface area contributed by atoms with Crippen molar-refractivity contribution >= 4 is 23.4 Å². The predicted molar refractivity (Wildman–Crippen MR) is 133 cm³/mol. The zero-order valence-corrected chi connectivity index (χ0v) is 21.0. The van der Waals surface area contributed by atoms with Gasteiger partial charge in [0.05, 0.1) is 18.8 Å². The van der Waals surface area contributed by atoms with Crippen molar-refractivity contribution in [2.24, 2.45) is 10.8 Å². The number of amides is 1. The van der Waals surface area contributed by atoms with Crippen LogP contribution in [-0.2, 0) is 16.1 Å². The van der Waals surface area contributed by atoms with Crippen molar-refractivity contribution in [2.45, 2.75) is 33.7 Å². The average molecular weight is 493 g/mol. The second kappa shape index (κ2) is 9.16. The van der Waals surface area contributed by atoms with Gasteiger partial charge in [0.15, 0.2) is 0 Å². The summed E-state index contributed by atoms with van der Waals surface area (Å²) in [7, 11) is 0. The molecule has 0 saturated carbocycles. The Morgan fingerprint density at radius 2 is 1.81 bits per heavy atom. The minimum Gasteiger partial charge on any atom is -0.478 e. The molecule has 2 aliphatic heterocycles. The van der Waals surface area contributed by atoms with Crippen LogP contribution in [0.3, 0.4) is 0 Å². The molecule has 1 fully saturated rings. The van der Waals surface area contributed by atoms with Gasteiger partial charge in [0.2, 0.25) is 5.91 Å². The Hall–Kier alpha value is -3.53. The third-order valence-electron chi connectivity index (χ3n) is 7.62. The molecule has 0 bridgehead atoms. The molecule has 36 heavy (non-hydrogen) atoms. The lowest BCUT2D eigenvalue weighted by atomic mass is 9.58. The largest absolute Gasteiger partial charge is 0.478 e. The number of morpholine rings is 1. The molecule has 1 aromatic carbocycles. The minimum atomic E-state index is -0.927. The lowest BCUT2D eigenvalue weighted by molar-refractivity contribution is -0.133. The summed E-state index contributed by atoms with van der Waals surface area (Å²) in [5.41, 5.74) is 3.38. The summed E-state index contributed by atoms with van der Waals surface area (Å²) in [6, 6.07) is 7.08. The Morgan fingerprint density at radius 1 is 1.08 bits per heavy atom. The molecule has 1 N–H and O–H groups in total. The van der Waals surface area contributed by atoms with E-state index < -0.39 is 5.97 Å². The fourth-order valence-corrected chi connectivity index (χ4v) is 5.80. The number of carbonyl (C=O) groups is 2. The van der Waals surface area contributed by atoms with Crippen molar-refractivity contribution in [3.05, 3.63) is 53.1 Å². The van der Waals surface area contributed by atoms with Crippen LogP contribution in [-0.4, -0.2) is 81.5 Å². The van der Waals surface area contributed by atoms with Crippen molar-refractivity contribution in [1.82, 2.24) is 25.1 Å². The van der Waals surface area contributed by atoms with Gasteiger partial charge in [-0.2, -0.15) is 4.80 Å². The SMILES string of the molecule is CC1(C)C(c2ccc(C(=O)O)cc2)=CC[C@]2(C)CN(C(=O)Cn3nnc(N4CCOCC4)n3)CC=C12. The fraction of sp³-hybridized carbons (Fsp3) is 0.500. The maximum Gasteiger partial charge on any atom is 0.335 e. The number of carbonyl (C=O) groups excluding carboxylic acids is 1. The Bertz CT molecular complexity index is 1230. The molecular formula is C26H32N6O4. The Labute approximate surface area is 210 Å². The molecular weight excluding hydrogens is 460 g/mol. The van der Waals surface area contributed by atoms with Gasteiger partial charge in [0, 0.05) is 37.0 Å². The number of ether oxygens (including phenoxy) is 1. The molecule has 0 radical (unpaired) electrons. The normalized spacial score (nSPS) is 23.5. The molecule has 1 saturated heterocycles. The third kappa shape index (κ3) is 4.41. The highest BCUT2D eigenvalue weighted by Gasteiger charge is 2.46. The number of hydrogen-bond acceptors (Lipinski definition) is 7. The predicted octanol–water partition coefficient (Wildman–Crippen LogP) is 2.50. The number of hydrogen-bond donors (Lipinski definition) is 1. The summed E-state index contributed by atoms with van der Waals surface area (Å²) in [5.74, 6) is -0.430. The monoisotopic (exact) mass is 492 g/mol. The van der Waals surface area contributed by atoms with E-state index in [1.807, 2.05) is 21.9 Å². The summed E-state index contributed by atoms with van der Waals surface area (Å²) in [6.07, 6.45) is 5.23. The fourth-order valence-electron chi connectivity index (χ4n) is 5.80. The molecule has 2 aromatic rings. The summed E-state index contributed by atoms with van der Waals surface area (Å²) >= 11 is 0. The number of nitrogens with zero attached hydrogens (tertiary/aromatic N) is 6. The lowest BCUT2D eigenvalue weighted by Gasteiger charge is -2.50. The molecule has 3 aliphatic rings. The first kappa shape index (κ1) is 24.2. The molecule has 0 spiro atoms. The first-order valence-corrected chi connectivity index (χ1v) is 12.3. The van der Waals surface area contributed by atoms with E-state index in [0.29, 0.717) is 45.3 Å². The van der Waals surface area contributed by atoms with E-state index in [4.69, 9.17) is 4.74 Å². The maximum atomic E-state index is 13.2. The van der Waals surface area contributed by atoms with Crippen LogP contribution in [0.4, 0.5) is 5.95 Å². The van der Waals surface area contributed by atoms with Gasteiger partial charge in [-0.25, -0.2) is 4.79 Å². The summed E-state index contributed by atoms with van der Waals surface area (Å²) in [4.78, 5) is 29.7. The topological polar surface area (TPSA) is 114 Å². The summed E-state index contributed by atoms with van der Waals surface area (Å²) in [6.45, 7) is 10.5. The van der Waals surface area contributed by atoms with Gasteiger partial charge < -0.3 is 19.6 Å². The number of rotatable bonds is 5. The number of fused-ring (bicyclic) bond motifs is 1. The van der Waals surface area contributed by atoms with Crippen LogP contribution < -0.4 is 4.90 Å². The highest BCUT2D eigenvalue weighted by atomic mass is 16.5. The number of aromatic nitrogens is 4. The molecule has 5 rings (SSSR count). The molecule has 190 valence electrons. The van der Waals surface area contributed by atoms with E-state index in [2.05, 4.69) is 48.3 Å². The van der Waals surface area contributed by atoms with E-state index in [-0.39, 0.29) is 28.8 Å². The standard InChI is InChI=1S/C26H32N6O4/c1-25(2)20(18-4-6-19(7-5-18)23(34)35)8-10-26(3)17-31(11-9-21(25)26)22(33)16-32-28-24(27-29-32)30-12-14-36-15-13-30/h4-9H,10-17H2,1-3H3,(H,34,35)/t26-/m1/s1. The van der Waals surface area contributed by atoms with Crippen LogP contribution in [0.15, 0.2) is 42.0 Å². The van der Waals surface area contributed by atoms with Gasteiger partial charge in [0.1, 0.15) is 6.54 Å². The number of carboxylic acids is 1. The van der Waals surface area contributed by atoms with E-state index in [1.165, 1.54) is 15.9 Å². The van der Waals surface area contributed by atoms with Crippen molar-refractivity contribution in [1.29, 1.82) is 0 Å². The van der Waals surface area contributed by atoms with Gasteiger partial charge >= 0.3 is 5.97 Å². The highest BCUT2D eigenvalue weighted by Crippen LogP contribution is 2.55. The smallest absolute Gasteiger partial charge is 0.335 e. The highest BCUT2D eigenvalue weighted by molar-refractivity contribution is 5.88. The molecule has 1 amide bonds. The lowest BCUT2D eigenvalue weighted by Crippen LogP contribution is -2.49. The zero-order chi connectivity index (χ0) is 25.5. The second-order valence-electron chi connectivity index (χ2n) is 10.5. The third-order valence-corrected chi connectivity index (χ3v) is 7.62. The number of carboxylic acid groups (broad SMARTS) is 1. The molecule has 1 aromatic heterocycles. The number of allylic oxidation sites excluding steroid dienone is 2. The van der Waals surface area contributed by atoms with E-state index in [9.17, 15) is 14.7 Å². The maximum absolute atomic E-state index is 13.2. The number of tetrazole rings is 1. The quantitative estimate of drug-likeness (QED) is 0.634. The van der Waals surface area contributed by atoms with Crippen molar-refractivity contribution < 1.29 is 19.4 Å². The Balaban J connectivity index is 1.29. The Kier molecular flexibility index (Phi) is 6.15. The van der Waals surface area contributed by atoms with E-state index in [0.717, 1.165) is 12.0 Å². The molecule has 1 aliphatic carbocycles. The first-order valence-electron chi connectivity index (χ1n) is 12.3. The molecule has 3 heterocycles. The van der Waals surface area contributed by atoms with E-state index >= 15 is 0 Å². The number of benzene rings is 1. The van der Waals surface area contributed by atoms with Gasteiger partial charge in [-0.1, -0.05) is 55.7 Å². The van der Waals surface area contributed by atoms with Gasteiger partial charge in [-0.15, -0.1) is 5.10 Å². The minimum absolute atomic E-state index is 0.0331. The van der Waals surface area contributed by atoms with Crippen LogP contribution in [0.5, 0.6) is 0 Å². The van der Waals surface area contributed by atoms with Gasteiger partial charge in [-0.3, -0.25) is 4.79 Å².